The highest BCUT2D eigenvalue weighted by molar-refractivity contribution is 5.04. The van der Waals surface area contributed by atoms with Crippen LogP contribution in [0.1, 0.15) is 24.4 Å². The summed E-state index contributed by atoms with van der Waals surface area (Å²) in [6.07, 6.45) is 5.80. The second kappa shape index (κ2) is 4.76. The van der Waals surface area contributed by atoms with Gasteiger partial charge >= 0.3 is 0 Å². The van der Waals surface area contributed by atoms with Gasteiger partial charge in [0.25, 0.3) is 5.56 Å². The maximum Gasteiger partial charge on any atom is 0.277 e. The van der Waals surface area contributed by atoms with E-state index in [-0.39, 0.29) is 12.1 Å². The van der Waals surface area contributed by atoms with Gasteiger partial charge in [0.2, 0.25) is 0 Å². The molecule has 1 aromatic heterocycles. The van der Waals surface area contributed by atoms with Crippen LogP contribution in [0.2, 0.25) is 0 Å². The molecule has 16 heavy (non-hydrogen) atoms. The summed E-state index contributed by atoms with van der Waals surface area (Å²) < 4.78 is 2.03. The molecule has 0 bridgehead atoms. The normalized spacial score (nSPS) is 22.2. The van der Waals surface area contributed by atoms with Crippen LogP contribution in [0.25, 0.3) is 0 Å². The van der Waals surface area contributed by atoms with Crippen molar-refractivity contribution in [1.82, 2.24) is 14.5 Å². The lowest BCUT2D eigenvalue weighted by molar-refractivity contribution is 0.210. The number of hydrogen-bond donors (Lipinski definition) is 1. The average Bonchev–Trinajstić information content (AvgIpc) is 2.29. The van der Waals surface area contributed by atoms with Gasteiger partial charge in [0.15, 0.2) is 0 Å². The highest BCUT2D eigenvalue weighted by Gasteiger charge is 2.18. The average molecular weight is 222 g/mol. The SMILES string of the molecule is CN1CCCC(n2cnc(=O)c(CN)c2)C1. The number of aromatic nitrogens is 2. The second-order valence-corrected chi connectivity index (χ2v) is 4.41. The van der Waals surface area contributed by atoms with Crippen molar-refractivity contribution in [2.75, 3.05) is 20.1 Å². The van der Waals surface area contributed by atoms with E-state index in [1.165, 1.54) is 6.42 Å². The Hall–Kier alpha value is -1.20. The lowest BCUT2D eigenvalue weighted by Gasteiger charge is -2.31. The van der Waals surface area contributed by atoms with E-state index >= 15 is 0 Å². The van der Waals surface area contributed by atoms with Crippen molar-refractivity contribution >= 4 is 0 Å². The number of piperidine rings is 1. The Kier molecular flexibility index (Phi) is 3.36. The standard InChI is InChI=1S/C11H18N4O/c1-14-4-2-3-10(7-14)15-6-9(5-12)11(16)13-8-15/h6,8,10H,2-5,7,12H2,1H3. The van der Waals surface area contributed by atoms with Gasteiger partial charge in [-0.15, -0.1) is 0 Å². The van der Waals surface area contributed by atoms with Gasteiger partial charge in [-0.1, -0.05) is 0 Å². The topological polar surface area (TPSA) is 64.2 Å². The zero-order valence-corrected chi connectivity index (χ0v) is 9.59. The monoisotopic (exact) mass is 222 g/mol. The molecule has 2 rings (SSSR count). The van der Waals surface area contributed by atoms with Crippen molar-refractivity contribution in [3.05, 3.63) is 28.4 Å². The fourth-order valence-corrected chi connectivity index (χ4v) is 2.19. The van der Waals surface area contributed by atoms with Crippen LogP contribution < -0.4 is 11.3 Å². The molecule has 1 fully saturated rings. The molecule has 2 N–H and O–H groups in total. The predicted molar refractivity (Wildman–Crippen MR) is 62.2 cm³/mol. The van der Waals surface area contributed by atoms with E-state index < -0.39 is 0 Å². The van der Waals surface area contributed by atoms with E-state index in [0.717, 1.165) is 19.5 Å². The largest absolute Gasteiger partial charge is 0.334 e. The number of hydrogen-bond acceptors (Lipinski definition) is 4. The van der Waals surface area contributed by atoms with Crippen molar-refractivity contribution in [3.8, 4) is 0 Å². The quantitative estimate of drug-likeness (QED) is 0.763. The molecule has 1 aromatic rings. The first kappa shape index (κ1) is 11.3. The van der Waals surface area contributed by atoms with Crippen molar-refractivity contribution in [2.45, 2.75) is 25.4 Å². The van der Waals surface area contributed by atoms with Gasteiger partial charge in [0.1, 0.15) is 0 Å². The van der Waals surface area contributed by atoms with Gasteiger partial charge < -0.3 is 15.2 Å². The van der Waals surface area contributed by atoms with Gasteiger partial charge in [-0.05, 0) is 26.4 Å². The van der Waals surface area contributed by atoms with Gasteiger partial charge in [-0.3, -0.25) is 4.79 Å². The summed E-state index contributed by atoms with van der Waals surface area (Å²) in [5, 5.41) is 0. The molecule has 0 aromatic carbocycles. The minimum absolute atomic E-state index is 0.206. The molecule has 0 spiro atoms. The smallest absolute Gasteiger partial charge is 0.277 e. The molecule has 5 heteroatoms. The minimum atomic E-state index is -0.206. The van der Waals surface area contributed by atoms with E-state index in [1.807, 2.05) is 10.8 Å². The third-order valence-corrected chi connectivity index (χ3v) is 3.13. The molecule has 2 heterocycles. The molecule has 1 unspecified atom stereocenters. The van der Waals surface area contributed by atoms with Gasteiger partial charge in [0.05, 0.1) is 6.33 Å². The zero-order valence-electron chi connectivity index (χ0n) is 9.59. The van der Waals surface area contributed by atoms with Crippen LogP contribution in [0.3, 0.4) is 0 Å². The molecule has 1 aliphatic heterocycles. The Morgan fingerprint density at radius 1 is 1.62 bits per heavy atom. The summed E-state index contributed by atoms with van der Waals surface area (Å²) in [5.74, 6) is 0. The van der Waals surface area contributed by atoms with Crippen LogP contribution in [-0.4, -0.2) is 34.6 Å². The molecule has 0 saturated carbocycles. The Balaban J connectivity index is 2.23. The maximum absolute atomic E-state index is 11.3. The Morgan fingerprint density at radius 2 is 2.44 bits per heavy atom. The van der Waals surface area contributed by atoms with Crippen molar-refractivity contribution in [3.63, 3.8) is 0 Å². The molecule has 88 valence electrons. The third-order valence-electron chi connectivity index (χ3n) is 3.13. The molecular weight excluding hydrogens is 204 g/mol. The van der Waals surface area contributed by atoms with Crippen LogP contribution >= 0.6 is 0 Å². The van der Waals surface area contributed by atoms with Gasteiger partial charge in [-0.2, -0.15) is 4.98 Å². The first-order valence-electron chi connectivity index (χ1n) is 5.66. The predicted octanol–water partition coefficient (Wildman–Crippen LogP) is -0.0313. The molecule has 1 aliphatic rings. The molecule has 5 nitrogen and oxygen atoms in total. The molecule has 1 saturated heterocycles. The van der Waals surface area contributed by atoms with E-state index in [2.05, 4.69) is 16.9 Å². The first-order chi connectivity index (χ1) is 7.70. The highest BCUT2D eigenvalue weighted by atomic mass is 16.1. The summed E-state index contributed by atoms with van der Waals surface area (Å²) in [7, 11) is 2.12. The van der Waals surface area contributed by atoms with E-state index in [0.29, 0.717) is 11.6 Å². The second-order valence-electron chi connectivity index (χ2n) is 4.41. The molecule has 0 amide bonds. The van der Waals surface area contributed by atoms with Crippen LogP contribution in [0.5, 0.6) is 0 Å². The molecular formula is C11H18N4O. The summed E-state index contributed by atoms with van der Waals surface area (Å²) in [5.41, 5.74) is 5.90. The molecule has 0 radical (unpaired) electrons. The summed E-state index contributed by atoms with van der Waals surface area (Å²) in [4.78, 5) is 17.5. The van der Waals surface area contributed by atoms with Crippen LogP contribution in [-0.2, 0) is 6.54 Å². The first-order valence-corrected chi connectivity index (χ1v) is 5.66. The number of nitrogens with two attached hydrogens (primary N) is 1. The van der Waals surface area contributed by atoms with Crippen LogP contribution in [0, 0.1) is 0 Å². The van der Waals surface area contributed by atoms with Gasteiger partial charge in [0, 0.05) is 30.9 Å². The van der Waals surface area contributed by atoms with Crippen molar-refractivity contribution in [2.24, 2.45) is 5.73 Å². The highest BCUT2D eigenvalue weighted by Crippen LogP contribution is 2.19. The maximum atomic E-state index is 11.3. The number of likely N-dealkylation sites (N-methyl/N-ethyl adjacent to an activating group) is 1. The third kappa shape index (κ3) is 2.31. The Bertz CT molecular complexity index is 415. The zero-order chi connectivity index (χ0) is 11.5. The van der Waals surface area contributed by atoms with Crippen LogP contribution in [0.4, 0.5) is 0 Å². The summed E-state index contributed by atoms with van der Waals surface area (Å²) in [6.45, 7) is 2.41. The van der Waals surface area contributed by atoms with Gasteiger partial charge in [-0.25, -0.2) is 0 Å². The summed E-state index contributed by atoms with van der Waals surface area (Å²) in [6, 6.07) is 0.414. The lowest BCUT2D eigenvalue weighted by Crippen LogP contribution is -2.34. The number of nitrogens with zero attached hydrogens (tertiary/aromatic N) is 3. The fraction of sp³-hybridized carbons (Fsp3) is 0.636. The molecule has 1 atom stereocenters. The lowest BCUT2D eigenvalue weighted by atomic mass is 10.1. The van der Waals surface area contributed by atoms with E-state index in [4.69, 9.17) is 5.73 Å². The molecule has 0 aliphatic carbocycles. The van der Waals surface area contributed by atoms with Crippen molar-refractivity contribution < 1.29 is 0 Å². The number of rotatable bonds is 2. The number of likely N-dealkylation sites (tertiary alicyclic amines) is 1. The Morgan fingerprint density at radius 3 is 3.12 bits per heavy atom. The Labute approximate surface area is 94.9 Å². The minimum Gasteiger partial charge on any atom is -0.334 e. The summed E-state index contributed by atoms with van der Waals surface area (Å²) >= 11 is 0. The van der Waals surface area contributed by atoms with Crippen molar-refractivity contribution in [1.29, 1.82) is 0 Å². The van der Waals surface area contributed by atoms with Crippen LogP contribution in [0.15, 0.2) is 17.3 Å². The van der Waals surface area contributed by atoms with E-state index in [9.17, 15) is 4.79 Å². The fourth-order valence-electron chi connectivity index (χ4n) is 2.19. The van der Waals surface area contributed by atoms with E-state index in [1.54, 1.807) is 6.33 Å².